The summed E-state index contributed by atoms with van der Waals surface area (Å²) in [4.78, 5) is 1.65. The Labute approximate surface area is 117 Å². The molecule has 0 aliphatic heterocycles. The summed E-state index contributed by atoms with van der Waals surface area (Å²) in [6.07, 6.45) is 1.79. The number of aryl methyl sites for hydroxylation is 2. The van der Waals surface area contributed by atoms with Crippen molar-refractivity contribution in [3.8, 4) is 5.69 Å². The lowest BCUT2D eigenvalue weighted by Crippen LogP contribution is -2.17. The summed E-state index contributed by atoms with van der Waals surface area (Å²) in [5.74, 6) is 0. The molecule has 0 saturated carbocycles. The van der Waals surface area contributed by atoms with Crippen LogP contribution in [0.3, 0.4) is 0 Å². The van der Waals surface area contributed by atoms with Crippen LogP contribution >= 0.6 is 0 Å². The first kappa shape index (κ1) is 12.5. The molecule has 1 N–H and O–H groups in total. The maximum Gasteiger partial charge on any atom is 0.104 e. The van der Waals surface area contributed by atoms with Gasteiger partial charge >= 0.3 is 0 Å². The lowest BCUT2D eigenvalue weighted by atomic mass is 10.3. The number of benzene rings is 1. The molecule has 5 nitrogen and oxygen atoms in total. The van der Waals surface area contributed by atoms with E-state index in [1.54, 1.807) is 11.0 Å². The van der Waals surface area contributed by atoms with Gasteiger partial charge in [0.2, 0.25) is 0 Å². The van der Waals surface area contributed by atoms with Crippen molar-refractivity contribution < 1.29 is 0 Å². The maximum atomic E-state index is 4.47. The fourth-order valence-corrected chi connectivity index (χ4v) is 2.14. The SMILES string of the molecule is Cc1ccc(C)n1NCc1cnn(-c2ccccc2)n1. The van der Waals surface area contributed by atoms with E-state index in [0.29, 0.717) is 6.54 Å². The minimum absolute atomic E-state index is 0.642. The number of nitrogens with zero attached hydrogens (tertiary/aromatic N) is 4. The van der Waals surface area contributed by atoms with Gasteiger partial charge in [0.1, 0.15) is 5.69 Å². The van der Waals surface area contributed by atoms with Crippen molar-refractivity contribution in [1.29, 1.82) is 0 Å². The molecule has 0 amide bonds. The number of rotatable bonds is 4. The quantitative estimate of drug-likeness (QED) is 0.789. The standard InChI is InChI=1S/C15H17N5/c1-12-8-9-13(2)19(12)16-10-14-11-17-20(18-14)15-6-4-3-5-7-15/h3-9,11,16H,10H2,1-2H3. The lowest BCUT2D eigenvalue weighted by molar-refractivity contribution is 0.725. The van der Waals surface area contributed by atoms with Crippen LogP contribution in [0.4, 0.5) is 0 Å². The first-order chi connectivity index (χ1) is 9.74. The second-order valence-electron chi connectivity index (χ2n) is 4.75. The van der Waals surface area contributed by atoms with Crippen molar-refractivity contribution >= 4 is 0 Å². The maximum absolute atomic E-state index is 4.47. The highest BCUT2D eigenvalue weighted by atomic mass is 15.5. The van der Waals surface area contributed by atoms with E-state index in [2.05, 4.69) is 46.3 Å². The number of hydrogen-bond acceptors (Lipinski definition) is 3. The van der Waals surface area contributed by atoms with Gasteiger partial charge in [0, 0.05) is 11.4 Å². The largest absolute Gasteiger partial charge is 0.320 e. The summed E-state index contributed by atoms with van der Waals surface area (Å²) in [6, 6.07) is 14.1. The molecule has 5 heteroatoms. The summed E-state index contributed by atoms with van der Waals surface area (Å²) in [5.41, 5.74) is 7.57. The van der Waals surface area contributed by atoms with Crippen molar-refractivity contribution in [1.82, 2.24) is 19.7 Å². The fourth-order valence-electron chi connectivity index (χ4n) is 2.14. The zero-order valence-electron chi connectivity index (χ0n) is 11.6. The molecule has 0 saturated heterocycles. The Bertz CT molecular complexity index is 677. The van der Waals surface area contributed by atoms with Crippen molar-refractivity contribution in [2.45, 2.75) is 20.4 Å². The van der Waals surface area contributed by atoms with Crippen LogP contribution in [-0.4, -0.2) is 19.7 Å². The second kappa shape index (κ2) is 5.21. The van der Waals surface area contributed by atoms with Gasteiger partial charge in [-0.05, 0) is 38.1 Å². The first-order valence-electron chi connectivity index (χ1n) is 6.59. The van der Waals surface area contributed by atoms with Gasteiger partial charge in [-0.3, -0.25) is 4.68 Å². The average Bonchev–Trinajstić information content (AvgIpc) is 3.06. The molecule has 2 aromatic heterocycles. The molecule has 0 aliphatic rings. The number of aromatic nitrogens is 4. The highest BCUT2D eigenvalue weighted by molar-refractivity contribution is 5.28. The van der Waals surface area contributed by atoms with Crippen LogP contribution in [-0.2, 0) is 6.54 Å². The third kappa shape index (κ3) is 2.42. The normalized spacial score (nSPS) is 10.7. The second-order valence-corrected chi connectivity index (χ2v) is 4.75. The van der Waals surface area contributed by atoms with Gasteiger partial charge in [-0.25, -0.2) is 0 Å². The van der Waals surface area contributed by atoms with E-state index in [-0.39, 0.29) is 0 Å². The number of hydrogen-bond donors (Lipinski definition) is 1. The van der Waals surface area contributed by atoms with Gasteiger partial charge in [0.25, 0.3) is 0 Å². The molecule has 1 aromatic carbocycles. The molecule has 0 aliphatic carbocycles. The Morgan fingerprint density at radius 2 is 1.70 bits per heavy atom. The van der Waals surface area contributed by atoms with Gasteiger partial charge in [0.15, 0.2) is 0 Å². The molecule has 2 heterocycles. The summed E-state index contributed by atoms with van der Waals surface area (Å²) >= 11 is 0. The Balaban J connectivity index is 1.72. The smallest absolute Gasteiger partial charge is 0.104 e. The van der Waals surface area contributed by atoms with Crippen molar-refractivity contribution in [2.75, 3.05) is 5.43 Å². The topological polar surface area (TPSA) is 47.7 Å². The van der Waals surface area contributed by atoms with Crippen LogP contribution in [0.25, 0.3) is 5.69 Å². The predicted octanol–water partition coefficient (Wildman–Crippen LogP) is 2.43. The van der Waals surface area contributed by atoms with Gasteiger partial charge in [-0.2, -0.15) is 15.0 Å². The third-order valence-corrected chi connectivity index (χ3v) is 3.22. The predicted molar refractivity (Wildman–Crippen MR) is 78.3 cm³/mol. The summed E-state index contributed by atoms with van der Waals surface area (Å²) in [6.45, 7) is 4.78. The highest BCUT2D eigenvalue weighted by Crippen LogP contribution is 2.07. The molecule has 0 unspecified atom stereocenters. The van der Waals surface area contributed by atoms with Crippen LogP contribution in [0.1, 0.15) is 17.1 Å². The van der Waals surface area contributed by atoms with E-state index >= 15 is 0 Å². The third-order valence-electron chi connectivity index (χ3n) is 3.22. The lowest BCUT2D eigenvalue weighted by Gasteiger charge is -2.10. The van der Waals surface area contributed by atoms with Crippen molar-refractivity contribution in [3.63, 3.8) is 0 Å². The molecule has 102 valence electrons. The molecule has 3 aromatic rings. The highest BCUT2D eigenvalue weighted by Gasteiger charge is 2.04. The molecule has 3 rings (SSSR count). The molecule has 0 atom stereocenters. The summed E-state index contributed by atoms with van der Waals surface area (Å²) in [7, 11) is 0. The molecule has 0 fully saturated rings. The molecule has 0 radical (unpaired) electrons. The Hall–Kier alpha value is -2.56. The van der Waals surface area contributed by atoms with E-state index in [1.807, 2.05) is 30.3 Å². The average molecular weight is 267 g/mol. The molecule has 20 heavy (non-hydrogen) atoms. The zero-order valence-corrected chi connectivity index (χ0v) is 11.6. The van der Waals surface area contributed by atoms with Crippen LogP contribution in [0, 0.1) is 13.8 Å². The molecular formula is C15H17N5. The van der Waals surface area contributed by atoms with Crippen LogP contribution in [0.2, 0.25) is 0 Å². The van der Waals surface area contributed by atoms with Crippen LogP contribution in [0.5, 0.6) is 0 Å². The van der Waals surface area contributed by atoms with E-state index in [0.717, 1.165) is 11.4 Å². The Kier molecular flexibility index (Phi) is 3.25. The summed E-state index contributed by atoms with van der Waals surface area (Å²) in [5, 5.41) is 8.76. The first-order valence-corrected chi connectivity index (χ1v) is 6.59. The zero-order chi connectivity index (χ0) is 13.9. The fraction of sp³-hybridized carbons (Fsp3) is 0.200. The van der Waals surface area contributed by atoms with Gasteiger partial charge in [-0.1, -0.05) is 18.2 Å². The van der Waals surface area contributed by atoms with Gasteiger partial charge < -0.3 is 5.43 Å². The Morgan fingerprint density at radius 3 is 2.40 bits per heavy atom. The van der Waals surface area contributed by atoms with Crippen LogP contribution in [0.15, 0.2) is 48.7 Å². The van der Waals surface area contributed by atoms with Gasteiger partial charge in [0.05, 0.1) is 18.4 Å². The van der Waals surface area contributed by atoms with Gasteiger partial charge in [-0.15, -0.1) is 0 Å². The van der Waals surface area contributed by atoms with E-state index < -0.39 is 0 Å². The minimum atomic E-state index is 0.642. The van der Waals surface area contributed by atoms with Crippen molar-refractivity contribution in [2.24, 2.45) is 0 Å². The molecule has 0 spiro atoms. The molecule has 0 bridgehead atoms. The number of nitrogens with one attached hydrogen (secondary N) is 1. The van der Waals surface area contributed by atoms with E-state index in [9.17, 15) is 0 Å². The molecular weight excluding hydrogens is 250 g/mol. The summed E-state index contributed by atoms with van der Waals surface area (Å²) < 4.78 is 2.06. The van der Waals surface area contributed by atoms with E-state index in [1.165, 1.54) is 11.4 Å². The monoisotopic (exact) mass is 267 g/mol. The Morgan fingerprint density at radius 1 is 1.00 bits per heavy atom. The minimum Gasteiger partial charge on any atom is -0.320 e. The van der Waals surface area contributed by atoms with E-state index in [4.69, 9.17) is 0 Å². The van der Waals surface area contributed by atoms with Crippen molar-refractivity contribution in [3.05, 3.63) is 65.7 Å². The van der Waals surface area contributed by atoms with Crippen LogP contribution < -0.4 is 5.43 Å². The number of para-hydroxylation sites is 1.